The Morgan fingerprint density at radius 2 is 1.88 bits per heavy atom. The van der Waals surface area contributed by atoms with E-state index in [1.807, 2.05) is 5.38 Å². The van der Waals surface area contributed by atoms with Gasteiger partial charge in [-0.3, -0.25) is 14.4 Å². The van der Waals surface area contributed by atoms with E-state index >= 15 is 0 Å². The van der Waals surface area contributed by atoms with E-state index in [1.165, 1.54) is 23.9 Å². The first-order valence-corrected chi connectivity index (χ1v) is 8.89. The van der Waals surface area contributed by atoms with Gasteiger partial charge in [0, 0.05) is 26.2 Å². The first-order valence-electron chi connectivity index (χ1n) is 8.01. The number of carbonyl (C=O) groups is 3. The number of hydrogen-bond acceptors (Lipinski definition) is 5. The van der Waals surface area contributed by atoms with Crippen molar-refractivity contribution in [3.8, 4) is 0 Å². The first-order chi connectivity index (χ1) is 12.1. The van der Waals surface area contributed by atoms with Crippen molar-refractivity contribution in [2.45, 2.75) is 13.0 Å². The second-order valence-electron chi connectivity index (χ2n) is 5.80. The predicted octanol–water partition coefficient (Wildman–Crippen LogP) is 1.44. The quantitative estimate of drug-likeness (QED) is 0.893. The van der Waals surface area contributed by atoms with Crippen molar-refractivity contribution in [1.29, 1.82) is 0 Å². The van der Waals surface area contributed by atoms with E-state index in [2.05, 4.69) is 5.32 Å². The molecule has 1 atom stereocenters. The summed E-state index contributed by atoms with van der Waals surface area (Å²) in [6.45, 7) is 3.49. The van der Waals surface area contributed by atoms with Crippen LogP contribution in [-0.4, -0.2) is 59.7 Å². The zero-order valence-corrected chi connectivity index (χ0v) is 14.6. The van der Waals surface area contributed by atoms with Crippen molar-refractivity contribution in [2.75, 3.05) is 26.2 Å². The lowest BCUT2D eigenvalue weighted by molar-refractivity contribution is -0.134. The molecule has 132 valence electrons. The van der Waals surface area contributed by atoms with Crippen molar-refractivity contribution in [1.82, 2.24) is 15.1 Å². The predicted molar refractivity (Wildman–Crippen MR) is 92.4 cm³/mol. The summed E-state index contributed by atoms with van der Waals surface area (Å²) in [5.41, 5.74) is 0.511. The average Bonchev–Trinajstić information content (AvgIpc) is 3.33. The molecule has 1 unspecified atom stereocenters. The lowest BCUT2D eigenvalue weighted by atomic mass is 10.2. The van der Waals surface area contributed by atoms with Gasteiger partial charge < -0.3 is 19.5 Å². The molecule has 2 aromatic rings. The van der Waals surface area contributed by atoms with Crippen molar-refractivity contribution >= 4 is 29.1 Å². The minimum Gasteiger partial charge on any atom is -0.472 e. The molecular weight excluding hydrogens is 342 g/mol. The molecule has 3 heterocycles. The van der Waals surface area contributed by atoms with Gasteiger partial charge in [-0.15, -0.1) is 11.3 Å². The number of furan rings is 1. The highest BCUT2D eigenvalue weighted by molar-refractivity contribution is 7.12. The number of nitrogens with one attached hydrogen (secondary N) is 1. The normalized spacial score (nSPS) is 15.7. The van der Waals surface area contributed by atoms with Crippen LogP contribution in [-0.2, 0) is 4.79 Å². The van der Waals surface area contributed by atoms with Gasteiger partial charge in [0.15, 0.2) is 0 Å². The Labute approximate surface area is 149 Å². The fourth-order valence-corrected chi connectivity index (χ4v) is 3.34. The molecule has 0 bridgehead atoms. The summed E-state index contributed by atoms with van der Waals surface area (Å²) in [5, 5.41) is 4.54. The van der Waals surface area contributed by atoms with Crippen LogP contribution in [0.2, 0.25) is 0 Å². The maximum absolute atomic E-state index is 12.5. The molecule has 8 heteroatoms. The number of carbonyl (C=O) groups excluding carboxylic acids is 3. The molecule has 0 radical (unpaired) electrons. The smallest absolute Gasteiger partial charge is 0.261 e. The fourth-order valence-electron chi connectivity index (χ4n) is 2.71. The fraction of sp³-hybridized carbons (Fsp3) is 0.353. The third-order valence-electron chi connectivity index (χ3n) is 4.11. The van der Waals surface area contributed by atoms with E-state index in [1.54, 1.807) is 34.9 Å². The second-order valence-corrected chi connectivity index (χ2v) is 6.75. The maximum atomic E-state index is 12.5. The molecule has 3 amide bonds. The Morgan fingerprint density at radius 1 is 1.16 bits per heavy atom. The van der Waals surface area contributed by atoms with E-state index in [-0.39, 0.29) is 17.7 Å². The molecule has 1 fully saturated rings. The van der Waals surface area contributed by atoms with Crippen LogP contribution in [0.5, 0.6) is 0 Å². The van der Waals surface area contributed by atoms with Crippen LogP contribution in [0.25, 0.3) is 0 Å². The zero-order chi connectivity index (χ0) is 17.8. The molecule has 1 saturated heterocycles. The van der Waals surface area contributed by atoms with Crippen LogP contribution >= 0.6 is 11.3 Å². The molecule has 1 aliphatic rings. The second kappa shape index (κ2) is 7.52. The van der Waals surface area contributed by atoms with Gasteiger partial charge in [-0.2, -0.15) is 0 Å². The van der Waals surface area contributed by atoms with E-state index in [9.17, 15) is 14.4 Å². The summed E-state index contributed by atoms with van der Waals surface area (Å²) in [6, 6.07) is 4.53. The number of amides is 3. The van der Waals surface area contributed by atoms with E-state index in [0.29, 0.717) is 36.6 Å². The Bertz CT molecular complexity index is 734. The Morgan fingerprint density at radius 3 is 2.48 bits per heavy atom. The highest BCUT2D eigenvalue weighted by Crippen LogP contribution is 2.11. The van der Waals surface area contributed by atoms with Gasteiger partial charge in [0.25, 0.3) is 11.8 Å². The Balaban J connectivity index is 1.51. The van der Waals surface area contributed by atoms with Crippen LogP contribution < -0.4 is 5.32 Å². The van der Waals surface area contributed by atoms with Gasteiger partial charge in [-0.25, -0.2) is 0 Å². The zero-order valence-electron chi connectivity index (χ0n) is 13.8. The van der Waals surface area contributed by atoms with Crippen molar-refractivity contribution in [3.63, 3.8) is 0 Å². The average molecular weight is 361 g/mol. The Kier molecular flexibility index (Phi) is 5.18. The Hall–Kier alpha value is -2.61. The topological polar surface area (TPSA) is 82.9 Å². The molecule has 3 rings (SSSR count). The standard InChI is InChI=1S/C17H19N3O4S/c1-12(18-15(21)14-3-2-10-25-14)16(22)19-5-7-20(8-6-19)17(23)13-4-9-24-11-13/h2-4,9-12H,5-8H2,1H3,(H,18,21). The van der Waals surface area contributed by atoms with Gasteiger partial charge >= 0.3 is 0 Å². The third kappa shape index (κ3) is 3.90. The molecule has 0 saturated carbocycles. The molecule has 0 aliphatic carbocycles. The van der Waals surface area contributed by atoms with Gasteiger partial charge in [0.05, 0.1) is 16.7 Å². The van der Waals surface area contributed by atoms with Gasteiger partial charge in [0.1, 0.15) is 12.3 Å². The number of nitrogens with zero attached hydrogens (tertiary/aromatic N) is 2. The molecule has 7 nitrogen and oxygen atoms in total. The molecule has 1 N–H and O–H groups in total. The van der Waals surface area contributed by atoms with E-state index in [0.717, 1.165) is 0 Å². The van der Waals surface area contributed by atoms with Crippen LogP contribution in [0.4, 0.5) is 0 Å². The van der Waals surface area contributed by atoms with Crippen molar-refractivity contribution in [3.05, 3.63) is 46.5 Å². The van der Waals surface area contributed by atoms with E-state index in [4.69, 9.17) is 4.42 Å². The first kappa shape index (κ1) is 17.2. The molecule has 25 heavy (non-hydrogen) atoms. The van der Waals surface area contributed by atoms with Crippen molar-refractivity contribution < 1.29 is 18.8 Å². The summed E-state index contributed by atoms with van der Waals surface area (Å²) < 4.78 is 4.93. The third-order valence-corrected chi connectivity index (χ3v) is 4.98. The highest BCUT2D eigenvalue weighted by atomic mass is 32.1. The SMILES string of the molecule is CC(NC(=O)c1cccs1)C(=O)N1CCN(C(=O)c2ccoc2)CC1. The monoisotopic (exact) mass is 361 g/mol. The summed E-state index contributed by atoms with van der Waals surface area (Å²) >= 11 is 1.33. The summed E-state index contributed by atoms with van der Waals surface area (Å²) in [4.78, 5) is 40.8. The van der Waals surface area contributed by atoms with Crippen LogP contribution in [0.3, 0.4) is 0 Å². The molecule has 1 aliphatic heterocycles. The maximum Gasteiger partial charge on any atom is 0.261 e. The van der Waals surface area contributed by atoms with Crippen LogP contribution in [0.1, 0.15) is 27.0 Å². The molecule has 0 aromatic carbocycles. The van der Waals surface area contributed by atoms with E-state index < -0.39 is 6.04 Å². The summed E-state index contributed by atoms with van der Waals surface area (Å²) in [7, 11) is 0. The number of piperazine rings is 1. The number of thiophene rings is 1. The minimum atomic E-state index is -0.606. The molecule has 0 spiro atoms. The lowest BCUT2D eigenvalue weighted by Gasteiger charge is -2.35. The van der Waals surface area contributed by atoms with Gasteiger partial charge in [0.2, 0.25) is 5.91 Å². The minimum absolute atomic E-state index is 0.0973. The highest BCUT2D eigenvalue weighted by Gasteiger charge is 2.28. The van der Waals surface area contributed by atoms with Gasteiger partial charge in [-0.1, -0.05) is 6.07 Å². The largest absolute Gasteiger partial charge is 0.472 e. The van der Waals surface area contributed by atoms with Gasteiger partial charge in [-0.05, 0) is 24.4 Å². The van der Waals surface area contributed by atoms with Crippen LogP contribution in [0, 0.1) is 0 Å². The molecular formula is C17H19N3O4S. The molecule has 2 aromatic heterocycles. The lowest BCUT2D eigenvalue weighted by Crippen LogP contribution is -2.55. The number of rotatable bonds is 4. The summed E-state index contributed by atoms with van der Waals surface area (Å²) in [5.74, 6) is -0.482. The number of hydrogen-bond donors (Lipinski definition) is 1. The summed E-state index contributed by atoms with van der Waals surface area (Å²) in [6.07, 6.45) is 2.88. The van der Waals surface area contributed by atoms with Crippen molar-refractivity contribution in [2.24, 2.45) is 0 Å². The van der Waals surface area contributed by atoms with Crippen LogP contribution in [0.15, 0.2) is 40.5 Å².